The van der Waals surface area contributed by atoms with Gasteiger partial charge in [0.25, 0.3) is 0 Å². The summed E-state index contributed by atoms with van der Waals surface area (Å²) in [6.07, 6.45) is 14.7. The van der Waals surface area contributed by atoms with Gasteiger partial charge in [0.1, 0.15) is 0 Å². The number of carboxylic acid groups (broad SMARTS) is 1. The summed E-state index contributed by atoms with van der Waals surface area (Å²) < 4.78 is -1.24. The summed E-state index contributed by atoms with van der Waals surface area (Å²) in [5.74, 6) is -0.694. The smallest absolute Gasteiger partial charge is 0.303 e. The second kappa shape index (κ2) is 15.8. The Hall–Kier alpha value is 0.820. The van der Waals surface area contributed by atoms with E-state index < -0.39 is 9.76 Å². The molecule has 0 rings (SSSR count). The summed E-state index contributed by atoms with van der Waals surface area (Å²) in [4.78, 5) is 10.7. The van der Waals surface area contributed by atoms with Gasteiger partial charge in [0.2, 0.25) is 0 Å². The third-order valence-corrected chi connectivity index (χ3v) is 6.53. The third-order valence-electron chi connectivity index (χ3n) is 4.60. The number of carbonyl (C=O) groups is 1. The molecule has 1 N–H and O–H groups in total. The highest BCUT2D eigenvalue weighted by molar-refractivity contribution is 9.09. The second-order valence-electron chi connectivity index (χ2n) is 6.92. The summed E-state index contributed by atoms with van der Waals surface area (Å²) in [6, 6.07) is 0. The van der Waals surface area contributed by atoms with Gasteiger partial charge in [-0.2, -0.15) is 0 Å². The molecule has 0 bridgehead atoms. The molecule has 0 saturated heterocycles. The molecule has 0 aliphatic carbocycles. The largest absolute Gasteiger partial charge is 0.481 e. The maximum Gasteiger partial charge on any atom is 0.303 e. The average molecular weight is 481 g/mol. The Morgan fingerprint density at radius 3 is 1.88 bits per heavy atom. The van der Waals surface area contributed by atoms with Gasteiger partial charge < -0.3 is 5.11 Å². The van der Waals surface area contributed by atoms with Crippen LogP contribution >= 0.6 is 50.7 Å². The summed E-state index contributed by atoms with van der Waals surface area (Å²) in [5.41, 5.74) is 0. The quantitative estimate of drug-likeness (QED) is 0.178. The summed E-state index contributed by atoms with van der Waals surface area (Å²) >= 11 is 22.4. The van der Waals surface area contributed by atoms with Gasteiger partial charge in [0, 0.05) is 17.2 Å². The van der Waals surface area contributed by atoms with E-state index >= 15 is 0 Å². The lowest BCUT2D eigenvalue weighted by molar-refractivity contribution is -0.137. The number of unbranched alkanes of at least 4 members (excludes halogenated alkanes) is 9. The molecule has 0 fully saturated rings. The highest BCUT2D eigenvalue weighted by Crippen LogP contribution is 2.43. The zero-order valence-corrected chi connectivity index (χ0v) is 19.3. The molecule has 2 atom stereocenters. The van der Waals surface area contributed by atoms with E-state index in [1.165, 1.54) is 38.5 Å². The lowest BCUT2D eigenvalue weighted by atomic mass is 9.95. The van der Waals surface area contributed by atoms with Crippen molar-refractivity contribution in [2.75, 3.05) is 0 Å². The molecule has 25 heavy (non-hydrogen) atoms. The van der Waals surface area contributed by atoms with Crippen molar-refractivity contribution >= 4 is 56.7 Å². The van der Waals surface area contributed by atoms with E-state index in [-0.39, 0.29) is 17.2 Å². The van der Waals surface area contributed by atoms with Crippen molar-refractivity contribution < 1.29 is 9.90 Å². The van der Waals surface area contributed by atoms with E-state index in [0.29, 0.717) is 0 Å². The normalized spacial score (nSPS) is 14.4. The minimum absolute atomic E-state index is 0.0205. The molecule has 0 aromatic carbocycles. The summed E-state index contributed by atoms with van der Waals surface area (Å²) in [6.45, 7) is 2.23. The lowest BCUT2D eigenvalue weighted by Crippen LogP contribution is -2.28. The molecule has 0 aromatic heterocycles. The van der Waals surface area contributed by atoms with Crippen LogP contribution in [0.4, 0.5) is 0 Å². The summed E-state index contributed by atoms with van der Waals surface area (Å²) in [5, 5.41) is 8.62. The minimum Gasteiger partial charge on any atom is -0.481 e. The maximum atomic E-state index is 10.5. The molecule has 0 aliphatic rings. The van der Waals surface area contributed by atoms with E-state index in [1.807, 2.05) is 0 Å². The first-order valence-electron chi connectivity index (χ1n) is 9.71. The average Bonchev–Trinajstić information content (AvgIpc) is 2.51. The zero-order valence-electron chi connectivity index (χ0n) is 15.4. The first-order chi connectivity index (χ1) is 11.8. The molecule has 0 aromatic rings. The van der Waals surface area contributed by atoms with E-state index in [9.17, 15) is 4.79 Å². The Bertz CT molecular complexity index is 335. The van der Waals surface area contributed by atoms with Crippen LogP contribution in [0.25, 0.3) is 0 Å². The Morgan fingerprint density at radius 1 is 0.880 bits per heavy atom. The van der Waals surface area contributed by atoms with Crippen molar-refractivity contribution in [3.63, 3.8) is 0 Å². The Balaban J connectivity index is 3.97. The molecular formula is C19H34BrCl3O2. The lowest BCUT2D eigenvalue weighted by Gasteiger charge is -2.29. The van der Waals surface area contributed by atoms with Crippen molar-refractivity contribution in [3.05, 3.63) is 0 Å². The molecule has 0 heterocycles. The third kappa shape index (κ3) is 15.6. The molecular weight excluding hydrogens is 446 g/mol. The van der Waals surface area contributed by atoms with Crippen molar-refractivity contribution in [2.24, 2.45) is 5.92 Å². The van der Waals surface area contributed by atoms with Gasteiger partial charge in [-0.25, -0.2) is 0 Å². The zero-order chi connectivity index (χ0) is 19.1. The molecule has 150 valence electrons. The molecule has 2 unspecified atom stereocenters. The van der Waals surface area contributed by atoms with E-state index in [0.717, 1.165) is 44.9 Å². The van der Waals surface area contributed by atoms with Crippen LogP contribution in [0.2, 0.25) is 0 Å². The minimum atomic E-state index is -1.24. The van der Waals surface area contributed by atoms with E-state index in [4.69, 9.17) is 39.9 Å². The van der Waals surface area contributed by atoms with Crippen LogP contribution in [0.15, 0.2) is 0 Å². The highest BCUT2D eigenvalue weighted by Gasteiger charge is 2.36. The van der Waals surface area contributed by atoms with Gasteiger partial charge in [0.15, 0.2) is 3.79 Å². The van der Waals surface area contributed by atoms with Gasteiger partial charge in [-0.3, -0.25) is 4.79 Å². The van der Waals surface area contributed by atoms with Crippen molar-refractivity contribution in [2.45, 2.75) is 105 Å². The molecule has 0 aliphatic heterocycles. The van der Waals surface area contributed by atoms with E-state index in [2.05, 4.69) is 22.9 Å². The van der Waals surface area contributed by atoms with Crippen LogP contribution in [0.1, 0.15) is 96.8 Å². The van der Waals surface area contributed by atoms with Gasteiger partial charge in [0.05, 0.1) is 0 Å². The number of carboxylic acids is 1. The van der Waals surface area contributed by atoms with Gasteiger partial charge >= 0.3 is 5.97 Å². The van der Waals surface area contributed by atoms with Gasteiger partial charge in [-0.05, 0) is 19.3 Å². The number of hydrogen-bond acceptors (Lipinski definition) is 1. The number of hydrogen-bond donors (Lipinski definition) is 1. The molecule has 0 amide bonds. The van der Waals surface area contributed by atoms with Crippen molar-refractivity contribution in [1.29, 1.82) is 0 Å². The predicted octanol–water partition coefficient (Wildman–Crippen LogP) is 8.30. The molecule has 2 nitrogen and oxygen atoms in total. The van der Waals surface area contributed by atoms with Gasteiger partial charge in [-0.1, -0.05) is 122 Å². The summed E-state index contributed by atoms with van der Waals surface area (Å²) in [7, 11) is 0. The Kier molecular flexibility index (Phi) is 16.4. The molecule has 0 radical (unpaired) electrons. The van der Waals surface area contributed by atoms with Crippen LogP contribution in [0.3, 0.4) is 0 Å². The highest BCUT2D eigenvalue weighted by atomic mass is 79.9. The predicted molar refractivity (Wildman–Crippen MR) is 114 cm³/mol. The standard InChI is InChI=1S/C19H34BrCl3O2/c1-2-3-4-5-8-11-14-17(20)16(19(21,22)23)13-10-7-6-9-12-15-18(24)25/h16-17H,2-15H2,1H3,(H,24,25). The Morgan fingerprint density at radius 2 is 1.36 bits per heavy atom. The molecule has 6 heteroatoms. The molecule has 0 saturated carbocycles. The first-order valence-corrected chi connectivity index (χ1v) is 11.8. The number of alkyl halides is 4. The maximum absolute atomic E-state index is 10.5. The first kappa shape index (κ1) is 25.8. The fourth-order valence-corrected chi connectivity index (χ4v) is 5.27. The second-order valence-corrected chi connectivity index (χ2v) is 10.5. The van der Waals surface area contributed by atoms with Crippen LogP contribution in [0.5, 0.6) is 0 Å². The fraction of sp³-hybridized carbons (Fsp3) is 0.947. The topological polar surface area (TPSA) is 37.3 Å². The van der Waals surface area contributed by atoms with Crippen LogP contribution in [-0.4, -0.2) is 19.7 Å². The Labute approximate surface area is 177 Å². The number of halogens is 4. The van der Waals surface area contributed by atoms with E-state index in [1.54, 1.807) is 0 Å². The van der Waals surface area contributed by atoms with Crippen LogP contribution in [-0.2, 0) is 4.79 Å². The van der Waals surface area contributed by atoms with Crippen LogP contribution < -0.4 is 0 Å². The monoisotopic (exact) mass is 478 g/mol. The SMILES string of the molecule is CCCCCCCCC(Br)C(CCCCCCCC(=O)O)C(Cl)(Cl)Cl. The number of aliphatic carboxylic acids is 1. The van der Waals surface area contributed by atoms with Crippen LogP contribution in [0, 0.1) is 5.92 Å². The van der Waals surface area contributed by atoms with Crippen molar-refractivity contribution in [1.82, 2.24) is 0 Å². The van der Waals surface area contributed by atoms with Gasteiger partial charge in [-0.15, -0.1) is 0 Å². The number of rotatable bonds is 16. The fourth-order valence-electron chi connectivity index (χ4n) is 3.04. The molecule has 0 spiro atoms. The van der Waals surface area contributed by atoms with Crippen molar-refractivity contribution in [3.8, 4) is 0 Å².